The third-order valence-corrected chi connectivity index (χ3v) is 4.09. The van der Waals surface area contributed by atoms with E-state index in [0.29, 0.717) is 0 Å². The summed E-state index contributed by atoms with van der Waals surface area (Å²) >= 11 is 5.89. The fourth-order valence-electron chi connectivity index (χ4n) is 3.40. The van der Waals surface area contributed by atoms with Crippen molar-refractivity contribution in [1.82, 2.24) is 5.32 Å². The topological polar surface area (TPSA) is 87.8 Å². The number of nitrogens with one attached hydrogen (secondary N) is 1. The van der Waals surface area contributed by atoms with Crippen molar-refractivity contribution in [3.8, 4) is 5.75 Å². The highest BCUT2D eigenvalue weighted by Crippen LogP contribution is 2.33. The van der Waals surface area contributed by atoms with Gasteiger partial charge in [0.25, 0.3) is 0 Å². The van der Waals surface area contributed by atoms with Gasteiger partial charge >= 0.3 is 5.69 Å². The monoisotopic (exact) mass is 339 g/mol. The van der Waals surface area contributed by atoms with Gasteiger partial charge in [-0.2, -0.15) is 0 Å². The molecule has 0 saturated carbocycles. The molecule has 23 heavy (non-hydrogen) atoms. The van der Waals surface area contributed by atoms with Crippen molar-refractivity contribution in [3.63, 3.8) is 0 Å². The van der Waals surface area contributed by atoms with Crippen LogP contribution in [0.4, 0.5) is 5.69 Å². The van der Waals surface area contributed by atoms with Crippen LogP contribution in [-0.4, -0.2) is 33.4 Å². The molecule has 7 heteroatoms. The van der Waals surface area contributed by atoms with Crippen molar-refractivity contribution in [3.05, 3.63) is 32.8 Å². The Morgan fingerprint density at radius 2 is 1.91 bits per heavy atom. The van der Waals surface area contributed by atoms with Gasteiger partial charge in [0.1, 0.15) is 0 Å². The van der Waals surface area contributed by atoms with E-state index in [9.17, 15) is 15.2 Å². The Morgan fingerprint density at radius 3 is 2.43 bits per heavy atom. The van der Waals surface area contributed by atoms with Crippen LogP contribution in [0.1, 0.15) is 46.1 Å². The first-order valence-electron chi connectivity index (χ1n) is 7.48. The Kier molecular flexibility index (Phi) is 4.69. The standard InChI is InChI=1S/C16H22ClN3O3/c1-15(2)7-12(8-16(3,4)19-15)18-9-10-5-11(17)6-13(14(10)21)20(22)23/h5-6,9,12,19,21H,7-8H2,1-4H3. The molecule has 6 nitrogen and oxygen atoms in total. The van der Waals surface area contributed by atoms with Gasteiger partial charge in [-0.05, 0) is 46.6 Å². The van der Waals surface area contributed by atoms with E-state index in [4.69, 9.17) is 11.6 Å². The Hall–Kier alpha value is -1.66. The minimum atomic E-state index is -0.657. The van der Waals surface area contributed by atoms with Crippen LogP contribution in [0.15, 0.2) is 17.1 Å². The first kappa shape index (κ1) is 17.7. The maximum absolute atomic E-state index is 10.9. The van der Waals surface area contributed by atoms with E-state index in [2.05, 4.69) is 38.0 Å². The summed E-state index contributed by atoms with van der Waals surface area (Å²) in [5, 5.41) is 24.7. The molecule has 2 rings (SSSR count). The van der Waals surface area contributed by atoms with Crippen LogP contribution in [-0.2, 0) is 0 Å². The molecule has 0 amide bonds. The van der Waals surface area contributed by atoms with Crippen LogP contribution >= 0.6 is 11.6 Å². The van der Waals surface area contributed by atoms with E-state index in [0.717, 1.165) is 18.9 Å². The second-order valence-corrected chi connectivity index (χ2v) is 7.79. The molecule has 0 atom stereocenters. The highest BCUT2D eigenvalue weighted by atomic mass is 35.5. The maximum atomic E-state index is 10.9. The fourth-order valence-corrected chi connectivity index (χ4v) is 3.62. The van der Waals surface area contributed by atoms with E-state index in [-0.39, 0.29) is 27.7 Å². The number of nitro groups is 1. The summed E-state index contributed by atoms with van der Waals surface area (Å²) in [5.41, 5.74) is -0.249. The summed E-state index contributed by atoms with van der Waals surface area (Å²) in [6.07, 6.45) is 3.17. The molecule has 0 unspecified atom stereocenters. The van der Waals surface area contributed by atoms with Gasteiger partial charge in [0.05, 0.1) is 11.0 Å². The number of phenols is 1. The van der Waals surface area contributed by atoms with Crippen LogP contribution in [0, 0.1) is 10.1 Å². The zero-order chi connectivity index (χ0) is 17.4. The third kappa shape index (κ3) is 4.42. The number of nitro benzene ring substituents is 1. The number of phenolic OH excluding ortho intramolecular Hbond substituents is 1. The Labute approximate surface area is 140 Å². The molecule has 1 aliphatic rings. The van der Waals surface area contributed by atoms with Crippen LogP contribution in [0.5, 0.6) is 5.75 Å². The zero-order valence-corrected chi connectivity index (χ0v) is 14.5. The Morgan fingerprint density at radius 1 is 1.35 bits per heavy atom. The van der Waals surface area contributed by atoms with Crippen LogP contribution < -0.4 is 5.32 Å². The average Bonchev–Trinajstić information content (AvgIpc) is 2.35. The number of hydrogen-bond acceptors (Lipinski definition) is 5. The van der Waals surface area contributed by atoms with Crippen LogP contribution in [0.25, 0.3) is 0 Å². The molecule has 1 heterocycles. The van der Waals surface area contributed by atoms with Gasteiger partial charge < -0.3 is 10.4 Å². The number of benzene rings is 1. The minimum absolute atomic E-state index is 0.0495. The lowest BCUT2D eigenvalue weighted by atomic mass is 9.80. The minimum Gasteiger partial charge on any atom is -0.502 e. The first-order chi connectivity index (χ1) is 10.5. The second-order valence-electron chi connectivity index (χ2n) is 7.35. The first-order valence-corrected chi connectivity index (χ1v) is 7.86. The number of halogens is 1. The molecular formula is C16H22ClN3O3. The van der Waals surface area contributed by atoms with E-state index < -0.39 is 16.4 Å². The lowest BCUT2D eigenvalue weighted by Gasteiger charge is -2.45. The van der Waals surface area contributed by atoms with E-state index >= 15 is 0 Å². The van der Waals surface area contributed by atoms with Gasteiger partial charge in [0.15, 0.2) is 0 Å². The average molecular weight is 340 g/mol. The SMILES string of the molecule is CC1(C)CC(N=Cc2cc(Cl)cc([N+](=O)[O-])c2O)CC(C)(C)N1. The summed E-state index contributed by atoms with van der Waals surface area (Å²) in [6, 6.07) is 2.68. The van der Waals surface area contributed by atoms with Gasteiger partial charge in [0.2, 0.25) is 5.75 Å². The molecule has 0 aliphatic carbocycles. The third-order valence-electron chi connectivity index (χ3n) is 3.87. The Balaban J connectivity index is 2.28. The summed E-state index contributed by atoms with van der Waals surface area (Å²) < 4.78 is 0. The smallest absolute Gasteiger partial charge is 0.312 e. The van der Waals surface area contributed by atoms with E-state index in [1.165, 1.54) is 12.3 Å². The van der Waals surface area contributed by atoms with Gasteiger partial charge in [-0.1, -0.05) is 11.6 Å². The summed E-state index contributed by atoms with van der Waals surface area (Å²) in [6.45, 7) is 8.49. The molecule has 1 fully saturated rings. The molecule has 1 aromatic carbocycles. The lowest BCUT2D eigenvalue weighted by Crippen LogP contribution is -2.58. The lowest BCUT2D eigenvalue weighted by molar-refractivity contribution is -0.385. The summed E-state index contributed by atoms with van der Waals surface area (Å²) in [4.78, 5) is 14.8. The normalized spacial score (nSPS) is 20.7. The van der Waals surface area contributed by atoms with Crippen LogP contribution in [0.3, 0.4) is 0 Å². The van der Waals surface area contributed by atoms with E-state index in [1.807, 2.05) is 0 Å². The highest BCUT2D eigenvalue weighted by molar-refractivity contribution is 6.31. The molecule has 0 spiro atoms. The molecule has 1 aliphatic heterocycles. The van der Waals surface area contributed by atoms with Crippen molar-refractivity contribution in [2.24, 2.45) is 4.99 Å². The van der Waals surface area contributed by atoms with Gasteiger partial charge in [0, 0.05) is 33.9 Å². The number of nitrogens with zero attached hydrogens (tertiary/aromatic N) is 2. The number of rotatable bonds is 3. The molecule has 0 aromatic heterocycles. The zero-order valence-electron chi connectivity index (χ0n) is 13.8. The van der Waals surface area contributed by atoms with Crippen molar-refractivity contribution < 1.29 is 10.0 Å². The van der Waals surface area contributed by atoms with Crippen molar-refractivity contribution in [2.45, 2.75) is 57.7 Å². The molecule has 126 valence electrons. The quantitative estimate of drug-likeness (QED) is 0.499. The highest BCUT2D eigenvalue weighted by Gasteiger charge is 2.37. The van der Waals surface area contributed by atoms with Crippen molar-refractivity contribution in [1.29, 1.82) is 0 Å². The van der Waals surface area contributed by atoms with Crippen molar-refractivity contribution in [2.75, 3.05) is 0 Å². The largest absolute Gasteiger partial charge is 0.502 e. The molecule has 2 N–H and O–H groups in total. The molecule has 0 bridgehead atoms. The van der Waals surface area contributed by atoms with Gasteiger partial charge in [-0.15, -0.1) is 0 Å². The number of hydrogen-bond donors (Lipinski definition) is 2. The Bertz CT molecular complexity index is 640. The molecule has 1 saturated heterocycles. The van der Waals surface area contributed by atoms with E-state index in [1.54, 1.807) is 0 Å². The molecule has 1 aromatic rings. The van der Waals surface area contributed by atoms with Crippen LogP contribution in [0.2, 0.25) is 5.02 Å². The number of piperidine rings is 1. The predicted octanol–water partition coefficient (Wildman–Crippen LogP) is 3.68. The molecular weight excluding hydrogens is 318 g/mol. The predicted molar refractivity (Wildman–Crippen MR) is 91.7 cm³/mol. The number of aliphatic imine (C=N–C) groups is 1. The summed E-state index contributed by atoms with van der Waals surface area (Å²) in [7, 11) is 0. The summed E-state index contributed by atoms with van der Waals surface area (Å²) in [5.74, 6) is -0.407. The number of aromatic hydroxyl groups is 1. The fraction of sp³-hybridized carbons (Fsp3) is 0.562. The molecule has 0 radical (unpaired) electrons. The maximum Gasteiger partial charge on any atom is 0.312 e. The van der Waals surface area contributed by atoms with Gasteiger partial charge in [-0.25, -0.2) is 0 Å². The second kappa shape index (κ2) is 6.09. The van der Waals surface area contributed by atoms with Gasteiger partial charge in [-0.3, -0.25) is 15.1 Å². The van der Waals surface area contributed by atoms with Crippen molar-refractivity contribution >= 4 is 23.5 Å².